The van der Waals surface area contributed by atoms with Gasteiger partial charge >= 0.3 is 0 Å². The third-order valence-corrected chi connectivity index (χ3v) is 5.45. The van der Waals surface area contributed by atoms with Gasteiger partial charge in [0, 0.05) is 25.2 Å². The molecule has 1 aliphatic heterocycles. The zero-order valence-corrected chi connectivity index (χ0v) is 16.6. The van der Waals surface area contributed by atoms with Gasteiger partial charge in [0.2, 0.25) is 0 Å². The van der Waals surface area contributed by atoms with Gasteiger partial charge in [0.25, 0.3) is 0 Å². The van der Waals surface area contributed by atoms with Crippen molar-refractivity contribution in [2.45, 2.75) is 45.4 Å². The Morgan fingerprint density at radius 2 is 1.93 bits per heavy atom. The highest BCUT2D eigenvalue weighted by Gasteiger charge is 2.16. The smallest absolute Gasteiger partial charge is 0.132 e. The molecule has 0 saturated carbocycles. The van der Waals surface area contributed by atoms with Crippen LogP contribution in [0.5, 0.6) is 0 Å². The van der Waals surface area contributed by atoms with Crippen molar-refractivity contribution in [1.82, 2.24) is 20.0 Å². The van der Waals surface area contributed by atoms with Gasteiger partial charge in [-0.3, -0.25) is 0 Å². The topological polar surface area (TPSA) is 53.3 Å². The molecular formula is C20H28ClFN4O. The molecule has 1 aromatic carbocycles. The molecule has 1 saturated heterocycles. The lowest BCUT2D eigenvalue weighted by Gasteiger charge is -2.28. The maximum Gasteiger partial charge on any atom is 0.132 e. The predicted molar refractivity (Wildman–Crippen MR) is 105 cm³/mol. The Balaban J connectivity index is 1.51. The lowest BCUT2D eigenvalue weighted by atomic mass is 10.1. The zero-order chi connectivity index (χ0) is 19.2. The summed E-state index contributed by atoms with van der Waals surface area (Å²) >= 11 is 6.50. The van der Waals surface area contributed by atoms with Gasteiger partial charge < -0.3 is 15.3 Å². The van der Waals surface area contributed by atoms with E-state index in [0.29, 0.717) is 31.3 Å². The summed E-state index contributed by atoms with van der Waals surface area (Å²) in [6.45, 7) is 6.38. The highest BCUT2D eigenvalue weighted by Crippen LogP contribution is 2.21. The number of halogens is 2. The van der Waals surface area contributed by atoms with Crippen LogP contribution in [0.15, 0.2) is 24.3 Å². The molecule has 2 heterocycles. The van der Waals surface area contributed by atoms with Crippen LogP contribution in [0.25, 0.3) is 0 Å². The number of hydrogen-bond donors (Lipinski definition) is 2. The molecule has 3 rings (SSSR count). The molecule has 1 aliphatic rings. The van der Waals surface area contributed by atoms with Gasteiger partial charge in [0.1, 0.15) is 11.0 Å². The molecule has 5 nitrogen and oxygen atoms in total. The molecule has 0 amide bonds. The number of aliphatic hydroxyl groups excluding tert-OH is 1. The number of aryl methyl sites for hydroxylation is 1. The molecular weight excluding hydrogens is 367 g/mol. The summed E-state index contributed by atoms with van der Waals surface area (Å²) in [5.74, 6) is -0.255. The summed E-state index contributed by atoms with van der Waals surface area (Å²) < 4.78 is 14.8. The fourth-order valence-electron chi connectivity index (χ4n) is 3.53. The number of piperidine rings is 1. The summed E-state index contributed by atoms with van der Waals surface area (Å²) in [6.07, 6.45) is 3.35. The summed E-state index contributed by atoms with van der Waals surface area (Å²) in [5.41, 5.74) is 2.74. The van der Waals surface area contributed by atoms with Crippen molar-refractivity contribution in [3.05, 3.63) is 52.1 Å². The molecule has 0 radical (unpaired) electrons. The van der Waals surface area contributed by atoms with Crippen LogP contribution < -0.4 is 5.32 Å². The van der Waals surface area contributed by atoms with Crippen LogP contribution in [0.3, 0.4) is 0 Å². The zero-order valence-electron chi connectivity index (χ0n) is 15.8. The number of β-amino-alcohol motifs (C(OH)–C–C–N with tert-alkyl or cyclic N) is 1. The Bertz CT molecular complexity index is 728. The summed E-state index contributed by atoms with van der Waals surface area (Å²) in [7, 11) is 0. The number of aromatic nitrogens is 2. The summed E-state index contributed by atoms with van der Waals surface area (Å²) in [6, 6.07) is 6.34. The number of likely N-dealkylation sites (tertiary alicyclic amines) is 1. The van der Waals surface area contributed by atoms with Gasteiger partial charge in [-0.15, -0.1) is 0 Å². The highest BCUT2D eigenvalue weighted by molar-refractivity contribution is 6.30. The lowest BCUT2D eigenvalue weighted by Crippen LogP contribution is -2.40. The van der Waals surface area contributed by atoms with Gasteiger partial charge in [0.15, 0.2) is 0 Å². The van der Waals surface area contributed by atoms with Gasteiger partial charge in [0.05, 0.1) is 18.3 Å². The van der Waals surface area contributed by atoms with E-state index in [1.807, 2.05) is 6.92 Å². The summed E-state index contributed by atoms with van der Waals surface area (Å²) in [4.78, 5) is 2.33. The normalized spacial score (nSPS) is 16.6. The van der Waals surface area contributed by atoms with Gasteiger partial charge in [-0.1, -0.05) is 30.2 Å². The van der Waals surface area contributed by atoms with E-state index in [2.05, 4.69) is 15.3 Å². The molecule has 2 aromatic rings. The highest BCUT2D eigenvalue weighted by atomic mass is 35.5. The lowest BCUT2D eigenvalue weighted by molar-refractivity contribution is 0.1000. The Morgan fingerprint density at radius 3 is 2.63 bits per heavy atom. The van der Waals surface area contributed by atoms with E-state index in [0.717, 1.165) is 29.9 Å². The fraction of sp³-hybridized carbons (Fsp3) is 0.550. The fourth-order valence-corrected chi connectivity index (χ4v) is 3.83. The van der Waals surface area contributed by atoms with E-state index in [1.54, 1.807) is 16.8 Å². The number of nitrogens with zero attached hydrogens (tertiary/aromatic N) is 3. The van der Waals surface area contributed by atoms with E-state index < -0.39 is 6.10 Å². The van der Waals surface area contributed by atoms with E-state index in [-0.39, 0.29) is 5.82 Å². The maximum atomic E-state index is 13.0. The Hall–Kier alpha value is -1.47. The average Bonchev–Trinajstić information content (AvgIpc) is 2.92. The van der Waals surface area contributed by atoms with Crippen molar-refractivity contribution in [1.29, 1.82) is 0 Å². The predicted octanol–water partition coefficient (Wildman–Crippen LogP) is 2.97. The molecule has 0 unspecified atom stereocenters. The first-order chi connectivity index (χ1) is 13.0. The largest absolute Gasteiger partial charge is 0.390 e. The number of nitrogens with one attached hydrogen (secondary N) is 1. The van der Waals surface area contributed by atoms with E-state index in [4.69, 9.17) is 11.6 Å². The molecule has 7 heteroatoms. The van der Waals surface area contributed by atoms with Crippen LogP contribution in [-0.4, -0.2) is 52.1 Å². The molecule has 148 valence electrons. The third-order valence-electron chi connectivity index (χ3n) is 5.03. The van der Waals surface area contributed by atoms with Crippen LogP contribution in [0.2, 0.25) is 5.15 Å². The van der Waals surface area contributed by atoms with Crippen molar-refractivity contribution in [2.24, 2.45) is 0 Å². The van der Waals surface area contributed by atoms with Crippen LogP contribution in [-0.2, 0) is 13.1 Å². The number of hydrogen-bond acceptors (Lipinski definition) is 4. The van der Waals surface area contributed by atoms with Gasteiger partial charge in [-0.2, -0.15) is 5.10 Å². The second-order valence-corrected chi connectivity index (χ2v) is 7.64. The van der Waals surface area contributed by atoms with Crippen LogP contribution in [0.4, 0.5) is 4.39 Å². The minimum absolute atomic E-state index is 0.255. The van der Waals surface area contributed by atoms with E-state index in [9.17, 15) is 9.50 Å². The number of rotatable bonds is 8. The average molecular weight is 395 g/mol. The first kappa shape index (κ1) is 20.3. The van der Waals surface area contributed by atoms with Crippen LogP contribution in [0.1, 0.15) is 36.1 Å². The van der Waals surface area contributed by atoms with Crippen molar-refractivity contribution in [3.8, 4) is 0 Å². The molecule has 0 aliphatic carbocycles. The Labute approximate surface area is 165 Å². The van der Waals surface area contributed by atoms with Crippen LogP contribution >= 0.6 is 11.6 Å². The second-order valence-electron chi connectivity index (χ2n) is 7.28. The van der Waals surface area contributed by atoms with Crippen molar-refractivity contribution in [2.75, 3.05) is 26.2 Å². The van der Waals surface area contributed by atoms with Crippen molar-refractivity contribution < 1.29 is 9.50 Å². The van der Waals surface area contributed by atoms with Crippen molar-refractivity contribution in [3.63, 3.8) is 0 Å². The SMILES string of the molecule is Cc1nn(Cc2ccc(F)cc2)c(Cl)c1CNC[C@@H](O)CN1CCCCC1. The molecule has 1 fully saturated rings. The van der Waals surface area contributed by atoms with Crippen molar-refractivity contribution >= 4 is 11.6 Å². The first-order valence-corrected chi connectivity index (χ1v) is 9.98. The molecule has 27 heavy (non-hydrogen) atoms. The second kappa shape index (κ2) is 9.64. The minimum atomic E-state index is -0.392. The molecule has 0 spiro atoms. The van der Waals surface area contributed by atoms with Gasteiger partial charge in [-0.25, -0.2) is 9.07 Å². The standard InChI is InChI=1S/C20H28ClFN4O/c1-15-19(12-23-11-18(27)14-25-9-3-2-4-10-25)20(21)26(24-15)13-16-5-7-17(22)8-6-16/h5-8,18,23,27H,2-4,9-14H2,1H3/t18-/m1/s1. The van der Waals surface area contributed by atoms with E-state index >= 15 is 0 Å². The quantitative estimate of drug-likeness (QED) is 0.722. The first-order valence-electron chi connectivity index (χ1n) is 9.60. The van der Waals surface area contributed by atoms with E-state index in [1.165, 1.54) is 31.4 Å². The third kappa shape index (κ3) is 5.75. The van der Waals surface area contributed by atoms with Crippen LogP contribution in [0, 0.1) is 12.7 Å². The maximum absolute atomic E-state index is 13.0. The summed E-state index contributed by atoms with van der Waals surface area (Å²) in [5, 5.41) is 18.6. The Morgan fingerprint density at radius 1 is 1.22 bits per heavy atom. The Kier molecular flexibility index (Phi) is 7.24. The number of benzene rings is 1. The van der Waals surface area contributed by atoms with Gasteiger partial charge in [-0.05, 0) is 50.6 Å². The molecule has 1 atom stereocenters. The molecule has 2 N–H and O–H groups in total. The minimum Gasteiger partial charge on any atom is -0.390 e. The monoisotopic (exact) mass is 394 g/mol. The molecule has 0 bridgehead atoms. The number of aliphatic hydroxyl groups is 1. The molecule has 1 aromatic heterocycles.